The van der Waals surface area contributed by atoms with E-state index in [1.165, 1.54) is 33.4 Å². The third-order valence-electron chi connectivity index (χ3n) is 4.90. The molecular formula is C18H22Ge. The van der Waals surface area contributed by atoms with Crippen LogP contribution in [0.3, 0.4) is 0 Å². The van der Waals surface area contributed by atoms with Gasteiger partial charge in [-0.05, 0) is 0 Å². The molecule has 0 saturated heterocycles. The SMILES string of the molecule is Cc1cc2[c](cc1C)[Ge]([CH3])([CH3])[c]1cc(C)c(C)cc1-2. The molecule has 1 aliphatic heterocycles. The van der Waals surface area contributed by atoms with E-state index in [0.29, 0.717) is 0 Å². The Morgan fingerprint density at radius 2 is 0.895 bits per heavy atom. The molecule has 2 aromatic carbocycles. The number of hydrogen-bond donors (Lipinski definition) is 0. The van der Waals surface area contributed by atoms with E-state index in [0.717, 1.165) is 0 Å². The number of aryl methyl sites for hydroxylation is 4. The summed E-state index contributed by atoms with van der Waals surface area (Å²) in [7, 11) is 0. The predicted octanol–water partition coefficient (Wildman–Crippen LogP) is 3.72. The van der Waals surface area contributed by atoms with Crippen LogP contribution in [0.5, 0.6) is 0 Å². The zero-order valence-corrected chi connectivity index (χ0v) is 14.9. The minimum absolute atomic E-state index is 1.42. The van der Waals surface area contributed by atoms with Crippen LogP contribution in [0, 0.1) is 27.7 Å². The molecule has 0 unspecified atom stereocenters. The second-order valence-corrected chi connectivity index (χ2v) is 15.7. The van der Waals surface area contributed by atoms with Gasteiger partial charge in [0.05, 0.1) is 0 Å². The standard InChI is InChI=1S/C18H22Ge/c1-11-7-15-16-8-12(2)14(4)10-18(16)19(5,6)17(15)9-13(11)3/h7-10H,1-6H3. The molecule has 2 aromatic rings. The van der Waals surface area contributed by atoms with Crippen LogP contribution in [0.4, 0.5) is 0 Å². The van der Waals surface area contributed by atoms with E-state index < -0.39 is 13.3 Å². The summed E-state index contributed by atoms with van der Waals surface area (Å²) in [4.78, 5) is 0. The van der Waals surface area contributed by atoms with Crippen molar-refractivity contribution >= 4 is 22.1 Å². The third-order valence-corrected chi connectivity index (χ3v) is 12.3. The number of fused-ring (bicyclic) bond motifs is 3. The molecule has 0 spiro atoms. The molecule has 98 valence electrons. The van der Waals surface area contributed by atoms with Crippen LogP contribution in [0.2, 0.25) is 11.5 Å². The van der Waals surface area contributed by atoms with E-state index in [-0.39, 0.29) is 0 Å². The molecule has 1 aliphatic rings. The van der Waals surface area contributed by atoms with Gasteiger partial charge >= 0.3 is 119 Å². The van der Waals surface area contributed by atoms with Gasteiger partial charge in [0.15, 0.2) is 0 Å². The molecule has 0 fully saturated rings. The van der Waals surface area contributed by atoms with Crippen LogP contribution in [0.25, 0.3) is 11.1 Å². The second kappa shape index (κ2) is 3.99. The first-order chi connectivity index (χ1) is 8.82. The first kappa shape index (κ1) is 13.0. The Labute approximate surface area is 119 Å². The molecule has 1 heterocycles. The Hall–Kier alpha value is -1.02. The monoisotopic (exact) mass is 312 g/mol. The molecule has 0 radical (unpaired) electrons. The van der Waals surface area contributed by atoms with Crippen LogP contribution in [0.1, 0.15) is 22.3 Å². The Bertz CT molecular complexity index is 634. The Balaban J connectivity index is 2.40. The molecule has 0 amide bonds. The van der Waals surface area contributed by atoms with E-state index >= 15 is 0 Å². The van der Waals surface area contributed by atoms with E-state index in [1.807, 2.05) is 0 Å². The Kier molecular flexibility index (Phi) is 2.73. The summed E-state index contributed by atoms with van der Waals surface area (Å²) in [6.07, 6.45) is 0. The van der Waals surface area contributed by atoms with Crippen molar-refractivity contribution in [1.29, 1.82) is 0 Å². The van der Waals surface area contributed by atoms with Gasteiger partial charge in [-0.3, -0.25) is 0 Å². The van der Waals surface area contributed by atoms with E-state index in [4.69, 9.17) is 0 Å². The summed E-state index contributed by atoms with van der Waals surface area (Å²) in [6, 6.07) is 9.77. The van der Waals surface area contributed by atoms with E-state index in [1.54, 1.807) is 8.79 Å². The number of hydrogen-bond acceptors (Lipinski definition) is 0. The van der Waals surface area contributed by atoms with Gasteiger partial charge in [0.25, 0.3) is 0 Å². The van der Waals surface area contributed by atoms with Crippen LogP contribution in [0.15, 0.2) is 24.3 Å². The van der Waals surface area contributed by atoms with E-state index in [2.05, 4.69) is 63.5 Å². The van der Waals surface area contributed by atoms with Gasteiger partial charge in [-0.1, -0.05) is 0 Å². The molecule has 1 heteroatoms. The Morgan fingerprint density at radius 1 is 0.579 bits per heavy atom. The molecule has 0 nitrogen and oxygen atoms in total. The topological polar surface area (TPSA) is 0 Å². The van der Waals surface area contributed by atoms with Crippen molar-refractivity contribution in [2.45, 2.75) is 39.2 Å². The van der Waals surface area contributed by atoms with Crippen molar-refractivity contribution < 1.29 is 0 Å². The van der Waals surface area contributed by atoms with Crippen LogP contribution in [-0.4, -0.2) is 13.3 Å². The molecular weight excluding hydrogens is 289 g/mol. The maximum atomic E-state index is 2.54. The van der Waals surface area contributed by atoms with Crippen molar-refractivity contribution in [3.05, 3.63) is 46.5 Å². The van der Waals surface area contributed by atoms with E-state index in [9.17, 15) is 0 Å². The average Bonchev–Trinajstić information content (AvgIpc) is 2.52. The number of rotatable bonds is 0. The van der Waals surface area contributed by atoms with Crippen molar-refractivity contribution in [2.75, 3.05) is 0 Å². The van der Waals surface area contributed by atoms with Gasteiger partial charge in [0, 0.05) is 0 Å². The van der Waals surface area contributed by atoms with Gasteiger partial charge in [-0.2, -0.15) is 0 Å². The molecule has 0 bridgehead atoms. The molecule has 0 aliphatic carbocycles. The average molecular weight is 311 g/mol. The molecule has 0 aromatic heterocycles. The summed E-state index contributed by atoms with van der Waals surface area (Å²) in [5.41, 5.74) is 8.76. The molecule has 0 N–H and O–H groups in total. The fourth-order valence-electron chi connectivity index (χ4n) is 3.26. The van der Waals surface area contributed by atoms with Gasteiger partial charge in [-0.25, -0.2) is 0 Å². The van der Waals surface area contributed by atoms with Crippen molar-refractivity contribution in [1.82, 2.24) is 0 Å². The summed E-state index contributed by atoms with van der Waals surface area (Å²) >= 11 is -2.06. The van der Waals surface area contributed by atoms with Crippen LogP contribution >= 0.6 is 0 Å². The van der Waals surface area contributed by atoms with Gasteiger partial charge in [0.1, 0.15) is 0 Å². The Morgan fingerprint density at radius 3 is 1.26 bits per heavy atom. The molecule has 0 saturated carbocycles. The first-order valence-electron chi connectivity index (χ1n) is 7.06. The fraction of sp³-hybridized carbons (Fsp3) is 0.333. The van der Waals surface area contributed by atoms with Crippen molar-refractivity contribution in [3.8, 4) is 11.1 Å². The minimum atomic E-state index is -2.06. The fourth-order valence-corrected chi connectivity index (χ4v) is 9.98. The quantitative estimate of drug-likeness (QED) is 0.651. The summed E-state index contributed by atoms with van der Waals surface area (Å²) in [5, 5.41) is 0. The molecule has 19 heavy (non-hydrogen) atoms. The van der Waals surface area contributed by atoms with Crippen LogP contribution in [-0.2, 0) is 0 Å². The molecule has 0 atom stereocenters. The van der Waals surface area contributed by atoms with Gasteiger partial charge in [-0.15, -0.1) is 0 Å². The second-order valence-electron chi connectivity index (χ2n) is 6.59. The summed E-state index contributed by atoms with van der Waals surface area (Å²) in [5.74, 6) is 5.07. The predicted molar refractivity (Wildman–Crippen MR) is 87.6 cm³/mol. The summed E-state index contributed by atoms with van der Waals surface area (Å²) in [6.45, 7) is 8.95. The maximum absolute atomic E-state index is 2.54. The normalized spacial score (nSPS) is 15.3. The van der Waals surface area contributed by atoms with Gasteiger partial charge in [0.2, 0.25) is 0 Å². The van der Waals surface area contributed by atoms with Crippen molar-refractivity contribution in [2.24, 2.45) is 0 Å². The molecule has 3 rings (SSSR count). The third kappa shape index (κ3) is 1.73. The van der Waals surface area contributed by atoms with Gasteiger partial charge < -0.3 is 0 Å². The zero-order chi connectivity index (χ0) is 13.9. The zero-order valence-electron chi connectivity index (χ0n) is 12.8. The summed E-state index contributed by atoms with van der Waals surface area (Å²) < 4.78 is 3.34. The number of benzene rings is 2. The van der Waals surface area contributed by atoms with Crippen LogP contribution < -0.4 is 8.79 Å². The first-order valence-corrected chi connectivity index (χ1v) is 13.4. The van der Waals surface area contributed by atoms with Crippen molar-refractivity contribution in [3.63, 3.8) is 0 Å².